The van der Waals surface area contributed by atoms with Gasteiger partial charge in [-0.25, -0.2) is 0 Å². The van der Waals surface area contributed by atoms with Gasteiger partial charge in [0.05, 0.1) is 0 Å². The van der Waals surface area contributed by atoms with Gasteiger partial charge in [0.2, 0.25) is 0 Å². The first-order chi connectivity index (χ1) is 7.60. The third kappa shape index (κ3) is 3.46. The van der Waals surface area contributed by atoms with Crippen molar-refractivity contribution >= 4 is 0 Å². The molecule has 0 spiro atoms. The van der Waals surface area contributed by atoms with Gasteiger partial charge in [0.1, 0.15) is 0 Å². The fourth-order valence-electron chi connectivity index (χ4n) is 2.99. The van der Waals surface area contributed by atoms with Crippen molar-refractivity contribution in [1.82, 2.24) is 4.90 Å². The van der Waals surface area contributed by atoms with Gasteiger partial charge in [0.15, 0.2) is 0 Å². The average molecular weight is 226 g/mol. The summed E-state index contributed by atoms with van der Waals surface area (Å²) in [5.41, 5.74) is 5.97. The van der Waals surface area contributed by atoms with Crippen LogP contribution in [0.25, 0.3) is 0 Å². The zero-order valence-corrected chi connectivity index (χ0v) is 11.6. The van der Waals surface area contributed by atoms with Crippen LogP contribution in [0.5, 0.6) is 0 Å². The Morgan fingerprint density at radius 1 is 1.31 bits per heavy atom. The standard InChI is InChI=1S/C14H30N2/c1-5-6-12(3)14(9-15)16-8-7-11(2)13(4)10-16/h11-14H,5-10,15H2,1-4H3. The summed E-state index contributed by atoms with van der Waals surface area (Å²) in [6.07, 6.45) is 3.93. The lowest BCUT2D eigenvalue weighted by Gasteiger charge is -2.42. The van der Waals surface area contributed by atoms with Crippen molar-refractivity contribution < 1.29 is 0 Å². The molecule has 1 aliphatic rings. The minimum absolute atomic E-state index is 0.606. The van der Waals surface area contributed by atoms with E-state index in [4.69, 9.17) is 5.73 Å². The van der Waals surface area contributed by atoms with Crippen LogP contribution in [-0.2, 0) is 0 Å². The van der Waals surface area contributed by atoms with E-state index in [-0.39, 0.29) is 0 Å². The van der Waals surface area contributed by atoms with E-state index in [9.17, 15) is 0 Å². The molecular weight excluding hydrogens is 196 g/mol. The first-order valence-corrected chi connectivity index (χ1v) is 7.04. The van der Waals surface area contributed by atoms with Crippen LogP contribution in [0.1, 0.15) is 47.0 Å². The van der Waals surface area contributed by atoms with Crippen LogP contribution < -0.4 is 5.73 Å². The van der Waals surface area contributed by atoms with E-state index < -0.39 is 0 Å². The van der Waals surface area contributed by atoms with Gasteiger partial charge in [-0.05, 0) is 37.1 Å². The minimum Gasteiger partial charge on any atom is -0.329 e. The zero-order valence-electron chi connectivity index (χ0n) is 11.6. The maximum atomic E-state index is 5.97. The Kier molecular flexibility index (Phi) is 5.77. The molecule has 0 amide bonds. The van der Waals surface area contributed by atoms with Crippen molar-refractivity contribution in [2.24, 2.45) is 23.5 Å². The summed E-state index contributed by atoms with van der Waals surface area (Å²) in [6.45, 7) is 12.7. The molecule has 0 aromatic heterocycles. The second kappa shape index (κ2) is 6.61. The van der Waals surface area contributed by atoms with Gasteiger partial charge in [-0.1, -0.05) is 34.1 Å². The second-order valence-electron chi connectivity index (χ2n) is 5.81. The fourth-order valence-corrected chi connectivity index (χ4v) is 2.99. The fraction of sp³-hybridized carbons (Fsp3) is 1.00. The molecule has 0 radical (unpaired) electrons. The lowest BCUT2D eigenvalue weighted by Crippen LogP contribution is -2.50. The van der Waals surface area contributed by atoms with Crippen molar-refractivity contribution in [1.29, 1.82) is 0 Å². The molecule has 2 nitrogen and oxygen atoms in total. The number of nitrogens with zero attached hydrogens (tertiary/aromatic N) is 1. The molecule has 2 N–H and O–H groups in total. The minimum atomic E-state index is 0.606. The highest BCUT2D eigenvalue weighted by Crippen LogP contribution is 2.26. The van der Waals surface area contributed by atoms with Crippen LogP contribution in [0.4, 0.5) is 0 Å². The van der Waals surface area contributed by atoms with E-state index in [0.29, 0.717) is 6.04 Å². The monoisotopic (exact) mass is 226 g/mol. The zero-order chi connectivity index (χ0) is 12.1. The molecule has 0 saturated carbocycles. The number of hydrogen-bond donors (Lipinski definition) is 1. The molecule has 4 atom stereocenters. The summed E-state index contributed by atoms with van der Waals surface area (Å²) < 4.78 is 0. The number of nitrogens with two attached hydrogens (primary N) is 1. The van der Waals surface area contributed by atoms with Crippen LogP contribution in [0, 0.1) is 17.8 Å². The van der Waals surface area contributed by atoms with Crippen molar-refractivity contribution in [3.8, 4) is 0 Å². The van der Waals surface area contributed by atoms with Crippen molar-refractivity contribution in [3.05, 3.63) is 0 Å². The van der Waals surface area contributed by atoms with Crippen LogP contribution in [0.3, 0.4) is 0 Å². The second-order valence-corrected chi connectivity index (χ2v) is 5.81. The van der Waals surface area contributed by atoms with Crippen LogP contribution in [-0.4, -0.2) is 30.6 Å². The summed E-state index contributed by atoms with van der Waals surface area (Å²) in [7, 11) is 0. The lowest BCUT2D eigenvalue weighted by atomic mass is 9.86. The van der Waals surface area contributed by atoms with Crippen LogP contribution in [0.15, 0.2) is 0 Å². The molecule has 1 saturated heterocycles. The normalized spacial score (nSPS) is 31.3. The van der Waals surface area contributed by atoms with E-state index in [1.165, 1.54) is 32.4 Å². The predicted octanol–water partition coefficient (Wildman–Crippen LogP) is 2.73. The molecule has 0 bridgehead atoms. The highest BCUT2D eigenvalue weighted by Gasteiger charge is 2.29. The average Bonchev–Trinajstić information content (AvgIpc) is 2.25. The summed E-state index contributed by atoms with van der Waals surface area (Å²) in [4.78, 5) is 2.64. The van der Waals surface area contributed by atoms with Crippen molar-refractivity contribution in [3.63, 3.8) is 0 Å². The summed E-state index contributed by atoms with van der Waals surface area (Å²) in [5, 5.41) is 0. The Morgan fingerprint density at radius 3 is 2.50 bits per heavy atom. The smallest absolute Gasteiger partial charge is 0.0244 e. The molecule has 96 valence electrons. The molecule has 16 heavy (non-hydrogen) atoms. The molecule has 1 rings (SSSR count). The van der Waals surface area contributed by atoms with E-state index >= 15 is 0 Å². The maximum Gasteiger partial charge on any atom is 0.0244 e. The highest BCUT2D eigenvalue weighted by atomic mass is 15.2. The molecule has 4 unspecified atom stereocenters. The number of likely N-dealkylation sites (tertiary alicyclic amines) is 1. The van der Waals surface area contributed by atoms with Gasteiger partial charge in [0, 0.05) is 19.1 Å². The van der Waals surface area contributed by atoms with Crippen molar-refractivity contribution in [2.75, 3.05) is 19.6 Å². The Labute approximate surface area is 102 Å². The first kappa shape index (κ1) is 14.0. The van der Waals surface area contributed by atoms with Gasteiger partial charge in [-0.15, -0.1) is 0 Å². The van der Waals surface area contributed by atoms with Gasteiger partial charge < -0.3 is 5.73 Å². The van der Waals surface area contributed by atoms with Gasteiger partial charge in [-0.3, -0.25) is 4.90 Å². The molecule has 1 heterocycles. The third-order valence-electron chi connectivity index (χ3n) is 4.48. The topological polar surface area (TPSA) is 29.3 Å². The molecule has 1 fully saturated rings. The van der Waals surface area contributed by atoms with E-state index in [1.54, 1.807) is 0 Å². The predicted molar refractivity (Wildman–Crippen MR) is 71.4 cm³/mol. The van der Waals surface area contributed by atoms with E-state index in [0.717, 1.165) is 24.3 Å². The largest absolute Gasteiger partial charge is 0.329 e. The Morgan fingerprint density at radius 2 is 2.00 bits per heavy atom. The first-order valence-electron chi connectivity index (χ1n) is 7.04. The number of hydrogen-bond acceptors (Lipinski definition) is 2. The molecule has 0 aromatic carbocycles. The third-order valence-corrected chi connectivity index (χ3v) is 4.48. The molecule has 0 aromatic rings. The summed E-state index contributed by atoms with van der Waals surface area (Å²) in [6, 6.07) is 0.606. The quantitative estimate of drug-likeness (QED) is 0.781. The summed E-state index contributed by atoms with van der Waals surface area (Å²) in [5.74, 6) is 2.46. The van der Waals surface area contributed by atoms with Crippen LogP contribution >= 0.6 is 0 Å². The van der Waals surface area contributed by atoms with Gasteiger partial charge in [0.25, 0.3) is 0 Å². The molecule has 1 aliphatic heterocycles. The van der Waals surface area contributed by atoms with Gasteiger partial charge >= 0.3 is 0 Å². The molecule has 2 heteroatoms. The van der Waals surface area contributed by atoms with E-state index in [2.05, 4.69) is 32.6 Å². The summed E-state index contributed by atoms with van der Waals surface area (Å²) >= 11 is 0. The van der Waals surface area contributed by atoms with Crippen molar-refractivity contribution in [2.45, 2.75) is 53.0 Å². The van der Waals surface area contributed by atoms with Gasteiger partial charge in [-0.2, -0.15) is 0 Å². The Hall–Kier alpha value is -0.0800. The SMILES string of the molecule is CCCC(C)C(CN)N1CCC(C)C(C)C1. The molecule has 0 aliphatic carbocycles. The maximum absolute atomic E-state index is 5.97. The number of rotatable bonds is 5. The highest BCUT2D eigenvalue weighted by molar-refractivity contribution is 4.83. The lowest BCUT2D eigenvalue weighted by molar-refractivity contribution is 0.0712. The molecular formula is C14H30N2. The number of piperidine rings is 1. The Balaban J connectivity index is 2.53. The van der Waals surface area contributed by atoms with Crippen LogP contribution in [0.2, 0.25) is 0 Å². The Bertz CT molecular complexity index is 193. The van der Waals surface area contributed by atoms with E-state index in [1.807, 2.05) is 0 Å².